The van der Waals surface area contributed by atoms with Gasteiger partial charge in [-0.3, -0.25) is 0 Å². The fourth-order valence-corrected chi connectivity index (χ4v) is 12.6. The van der Waals surface area contributed by atoms with Crippen LogP contribution in [-0.4, -0.2) is 0 Å². The van der Waals surface area contributed by atoms with E-state index < -0.39 is 10.8 Å². The van der Waals surface area contributed by atoms with Gasteiger partial charge in [-0.2, -0.15) is 0 Å². The Balaban J connectivity index is 2.47. The summed E-state index contributed by atoms with van der Waals surface area (Å²) >= 11 is 0. The second kappa shape index (κ2) is 22.1. The molecule has 0 bridgehead atoms. The van der Waals surface area contributed by atoms with Crippen LogP contribution < -0.4 is 0 Å². The van der Waals surface area contributed by atoms with Gasteiger partial charge in [0.2, 0.25) is 0 Å². The van der Waals surface area contributed by atoms with Crippen molar-refractivity contribution in [1.29, 1.82) is 0 Å². The lowest BCUT2D eigenvalue weighted by molar-refractivity contribution is 0.405. The highest BCUT2D eigenvalue weighted by atomic mass is 14.6. The average molecular weight is 1160 g/mol. The Kier molecular flexibility index (Phi) is 18.1. The second-order valence-corrected chi connectivity index (χ2v) is 39.3. The van der Waals surface area contributed by atoms with Crippen LogP contribution in [0.2, 0.25) is 0 Å². The predicted octanol–water partition coefficient (Wildman–Crippen LogP) is 24.6. The minimum absolute atomic E-state index is 0.208. The molecular weight excluding hydrogens is 1030 g/mol. The first kappa shape index (κ1) is 70.4. The number of rotatable bonds is 7. The Labute approximate surface area is 531 Å². The van der Waals surface area contributed by atoms with Crippen molar-refractivity contribution < 1.29 is 0 Å². The maximum Gasteiger partial charge on any atom is 0.0629 e. The summed E-state index contributed by atoms with van der Waals surface area (Å²) in [5.41, 5.74) is 19.5. The number of hydrogen-bond acceptors (Lipinski definition) is 0. The highest BCUT2D eigenvalue weighted by Crippen LogP contribution is 2.64. The van der Waals surface area contributed by atoms with Crippen molar-refractivity contribution in [2.45, 2.75) is 325 Å². The van der Waals surface area contributed by atoms with E-state index in [-0.39, 0.29) is 65.0 Å². The molecule has 0 aliphatic carbocycles. The average Bonchev–Trinajstić information content (AvgIpc) is 0.672. The van der Waals surface area contributed by atoms with E-state index in [2.05, 4.69) is 358 Å². The third-order valence-electron chi connectivity index (χ3n) is 19.2. The summed E-state index contributed by atoms with van der Waals surface area (Å²) in [6.07, 6.45) is 0. The van der Waals surface area contributed by atoms with Gasteiger partial charge in [0, 0.05) is 0 Å². The molecule has 0 nitrogen and oxygen atoms in total. The Morgan fingerprint density at radius 2 is 0.163 bits per heavy atom. The molecule has 0 heterocycles. The zero-order valence-electron chi connectivity index (χ0n) is 62.4. The van der Waals surface area contributed by atoms with Gasteiger partial charge in [0.05, 0.1) is 10.8 Å². The first-order valence-electron chi connectivity index (χ1n) is 33.1. The highest BCUT2D eigenvalue weighted by molar-refractivity contribution is 5.72. The van der Waals surface area contributed by atoms with Crippen LogP contribution in [0.5, 0.6) is 0 Å². The zero-order chi connectivity index (χ0) is 66.1. The standard InChI is InChI=1S/C86H126/c1-73(2,3)55-37-56(74(4,5)6)44-67(43-55)85(68-45-57(75(7,8)9)38-58(46-68)76(10,11)12,69-47-59(77(13,14)15)39-60(48-69)78(16,17)18)86(70-49-61(79(19,20)21)40-62(50-70)80(22,23)24,71-51-63(81(25,26)27)41-64(52-71)82(28,29)30)72-53-65(83(31,32)33)42-66(54-72)84(34,35)36/h37-54H,1-36H3. The lowest BCUT2D eigenvalue weighted by Crippen LogP contribution is -2.54. The smallest absolute Gasteiger partial charge is 0.0561 e. The lowest BCUT2D eigenvalue weighted by atomic mass is 9.45. The number of hydrogen-bond donors (Lipinski definition) is 0. The molecule has 0 fully saturated rings. The molecule has 0 aliphatic rings. The third-order valence-corrected chi connectivity index (χ3v) is 19.2. The summed E-state index contributed by atoms with van der Waals surface area (Å²) in [6, 6.07) is 48.1. The normalized spacial score (nSPS) is 14.5. The van der Waals surface area contributed by atoms with Gasteiger partial charge in [0.15, 0.2) is 0 Å². The van der Waals surface area contributed by atoms with Crippen LogP contribution in [0.15, 0.2) is 109 Å². The molecule has 0 amide bonds. The first-order chi connectivity index (χ1) is 38.1. The minimum atomic E-state index is -1.04. The second-order valence-electron chi connectivity index (χ2n) is 39.3. The Morgan fingerprint density at radius 1 is 0.105 bits per heavy atom. The van der Waals surface area contributed by atoms with E-state index in [0.717, 1.165) is 0 Å². The Morgan fingerprint density at radius 3 is 0.221 bits per heavy atom. The van der Waals surface area contributed by atoms with E-state index >= 15 is 0 Å². The Bertz CT molecular complexity index is 2640. The monoisotopic (exact) mass is 1160 g/mol. The van der Waals surface area contributed by atoms with Crippen molar-refractivity contribution in [1.82, 2.24) is 0 Å². The summed E-state index contributed by atoms with van der Waals surface area (Å²) in [7, 11) is 0. The van der Waals surface area contributed by atoms with E-state index in [1.807, 2.05) is 0 Å². The van der Waals surface area contributed by atoms with Gasteiger partial charge in [-0.15, -0.1) is 0 Å². The maximum atomic E-state index is 2.72. The fraction of sp³-hybridized carbons (Fsp3) is 0.581. The number of benzene rings is 6. The van der Waals surface area contributed by atoms with E-state index in [4.69, 9.17) is 0 Å². The van der Waals surface area contributed by atoms with E-state index in [9.17, 15) is 0 Å². The van der Waals surface area contributed by atoms with Gasteiger partial charge < -0.3 is 0 Å². The maximum absolute atomic E-state index is 2.72. The van der Waals surface area contributed by atoms with Gasteiger partial charge in [0.1, 0.15) is 0 Å². The molecular formula is C86H126. The third kappa shape index (κ3) is 14.3. The van der Waals surface area contributed by atoms with Gasteiger partial charge in [-0.25, -0.2) is 0 Å². The van der Waals surface area contributed by atoms with E-state index in [1.54, 1.807) is 0 Å². The zero-order valence-corrected chi connectivity index (χ0v) is 62.4. The fourth-order valence-electron chi connectivity index (χ4n) is 12.6. The molecule has 0 aromatic heterocycles. The van der Waals surface area contributed by atoms with Crippen molar-refractivity contribution in [3.63, 3.8) is 0 Å². The molecule has 0 aliphatic heterocycles. The molecule has 0 saturated heterocycles. The van der Waals surface area contributed by atoms with E-state index in [1.165, 1.54) is 100 Å². The molecule has 6 aromatic carbocycles. The quantitative estimate of drug-likeness (QED) is 0.140. The summed E-state index contributed by atoms with van der Waals surface area (Å²) in [6.45, 7) is 87.9. The SMILES string of the molecule is CC(C)(C)c1cc(C(C)(C)C)cc(C(c2cc(C(C)(C)C)cc(C(C)(C)C)c2)(c2cc(C(C)(C)C)cc(C(C)(C)C)c2)C(c2cc(C(C)(C)C)cc(C(C)(C)C)c2)(c2cc(C(C)(C)C)cc(C(C)(C)C)c2)c2cc(C(C)(C)C)cc(C(C)(C)C)c2)c1. The van der Waals surface area contributed by atoms with Crippen molar-refractivity contribution in [3.05, 3.63) is 209 Å². The van der Waals surface area contributed by atoms with Crippen molar-refractivity contribution in [2.24, 2.45) is 0 Å². The minimum Gasteiger partial charge on any atom is -0.0561 e. The first-order valence-corrected chi connectivity index (χ1v) is 33.1. The largest absolute Gasteiger partial charge is 0.0629 e. The molecule has 0 saturated carbocycles. The molecule has 470 valence electrons. The van der Waals surface area contributed by atoms with E-state index in [0.29, 0.717) is 0 Å². The van der Waals surface area contributed by atoms with Gasteiger partial charge in [-0.05, 0) is 165 Å². The van der Waals surface area contributed by atoms with Gasteiger partial charge >= 0.3 is 0 Å². The predicted molar refractivity (Wildman–Crippen MR) is 383 cm³/mol. The molecule has 0 heteroatoms. The van der Waals surface area contributed by atoms with Crippen LogP contribution in [0.4, 0.5) is 0 Å². The molecule has 0 N–H and O–H groups in total. The van der Waals surface area contributed by atoms with Crippen LogP contribution >= 0.6 is 0 Å². The molecule has 0 unspecified atom stereocenters. The molecule has 0 atom stereocenters. The molecule has 6 rings (SSSR count). The summed E-state index contributed by atoms with van der Waals surface area (Å²) in [5.74, 6) is 0. The topological polar surface area (TPSA) is 0 Å². The summed E-state index contributed by atoms with van der Waals surface area (Å²) in [4.78, 5) is 0. The summed E-state index contributed by atoms with van der Waals surface area (Å²) < 4.78 is 0. The van der Waals surface area contributed by atoms with Gasteiger partial charge in [-0.1, -0.05) is 358 Å². The van der Waals surface area contributed by atoms with Crippen molar-refractivity contribution >= 4 is 0 Å². The van der Waals surface area contributed by atoms with Crippen LogP contribution in [0.25, 0.3) is 0 Å². The van der Waals surface area contributed by atoms with Gasteiger partial charge in [0.25, 0.3) is 0 Å². The molecule has 86 heavy (non-hydrogen) atoms. The van der Waals surface area contributed by atoms with Crippen molar-refractivity contribution in [3.8, 4) is 0 Å². The Hall–Kier alpha value is -4.68. The molecule has 6 aromatic rings. The molecule has 0 radical (unpaired) electrons. The van der Waals surface area contributed by atoms with Crippen molar-refractivity contribution in [2.75, 3.05) is 0 Å². The van der Waals surface area contributed by atoms with Crippen LogP contribution in [-0.2, 0) is 75.8 Å². The van der Waals surface area contributed by atoms with Crippen LogP contribution in [0, 0.1) is 0 Å². The van der Waals surface area contributed by atoms with Crippen LogP contribution in [0.3, 0.4) is 0 Å². The summed E-state index contributed by atoms with van der Waals surface area (Å²) in [5, 5.41) is 0. The van der Waals surface area contributed by atoms with Crippen LogP contribution in [0.1, 0.15) is 349 Å². The molecule has 0 spiro atoms. The lowest BCUT2D eigenvalue weighted by Gasteiger charge is -2.56. The highest BCUT2D eigenvalue weighted by Gasteiger charge is 2.60.